The van der Waals surface area contributed by atoms with Gasteiger partial charge in [-0.25, -0.2) is 4.68 Å². The highest BCUT2D eigenvalue weighted by atomic mass is 16.4. The molecule has 7 nitrogen and oxygen atoms in total. The van der Waals surface area contributed by atoms with Crippen molar-refractivity contribution in [3.8, 4) is 34.4 Å². The first-order valence-corrected chi connectivity index (χ1v) is 5.07. The predicted molar refractivity (Wildman–Crippen MR) is 61.4 cm³/mol. The van der Waals surface area contributed by atoms with Crippen LogP contribution in [0.15, 0.2) is 6.07 Å². The molecule has 0 fully saturated rings. The SMILES string of the molecule is Cc1cc(C)n(-c2c(O)c(O)c(O)c(O)c2O)n1. The van der Waals surface area contributed by atoms with E-state index in [0.29, 0.717) is 11.4 Å². The van der Waals surface area contributed by atoms with Crippen molar-refractivity contribution < 1.29 is 25.5 Å². The number of aromatic nitrogens is 2. The molecule has 0 atom stereocenters. The van der Waals surface area contributed by atoms with Gasteiger partial charge in [0.15, 0.2) is 17.2 Å². The van der Waals surface area contributed by atoms with Crippen LogP contribution in [0.25, 0.3) is 5.69 Å². The summed E-state index contributed by atoms with van der Waals surface area (Å²) in [6, 6.07) is 1.68. The van der Waals surface area contributed by atoms with Crippen molar-refractivity contribution in [3.63, 3.8) is 0 Å². The van der Waals surface area contributed by atoms with Crippen molar-refractivity contribution in [1.82, 2.24) is 9.78 Å². The number of benzene rings is 1. The highest BCUT2D eigenvalue weighted by molar-refractivity contribution is 5.73. The first kappa shape index (κ1) is 11.9. The molecule has 0 aliphatic heterocycles. The molecule has 2 aromatic rings. The minimum absolute atomic E-state index is 0.298. The normalized spacial score (nSPS) is 10.8. The summed E-state index contributed by atoms with van der Waals surface area (Å²) in [6.45, 7) is 3.37. The van der Waals surface area contributed by atoms with E-state index in [2.05, 4.69) is 5.10 Å². The Bertz CT molecular complexity index is 604. The second-order valence-electron chi connectivity index (χ2n) is 3.93. The minimum Gasteiger partial charge on any atom is -0.503 e. The van der Waals surface area contributed by atoms with E-state index in [0.717, 1.165) is 4.68 Å². The fourth-order valence-electron chi connectivity index (χ4n) is 1.73. The number of nitrogens with zero attached hydrogens (tertiary/aromatic N) is 2. The quantitative estimate of drug-likeness (QED) is 0.382. The molecule has 0 saturated heterocycles. The monoisotopic (exact) mass is 252 g/mol. The van der Waals surface area contributed by atoms with E-state index in [-0.39, 0.29) is 5.69 Å². The van der Waals surface area contributed by atoms with Gasteiger partial charge in [-0.05, 0) is 19.9 Å². The lowest BCUT2D eigenvalue weighted by Gasteiger charge is -2.13. The first-order chi connectivity index (χ1) is 8.34. The summed E-state index contributed by atoms with van der Waals surface area (Å²) in [6.07, 6.45) is 0. The molecule has 0 saturated carbocycles. The van der Waals surface area contributed by atoms with Crippen LogP contribution in [0.2, 0.25) is 0 Å². The fraction of sp³-hybridized carbons (Fsp3) is 0.182. The molecular formula is C11H12N2O5. The summed E-state index contributed by atoms with van der Waals surface area (Å²) >= 11 is 0. The second-order valence-corrected chi connectivity index (χ2v) is 3.93. The van der Waals surface area contributed by atoms with Crippen LogP contribution >= 0.6 is 0 Å². The molecule has 5 N–H and O–H groups in total. The van der Waals surface area contributed by atoms with Crippen molar-refractivity contribution in [2.45, 2.75) is 13.8 Å². The van der Waals surface area contributed by atoms with Crippen LogP contribution < -0.4 is 0 Å². The van der Waals surface area contributed by atoms with Gasteiger partial charge in [0.2, 0.25) is 17.2 Å². The van der Waals surface area contributed by atoms with Gasteiger partial charge in [0.25, 0.3) is 0 Å². The molecule has 0 bridgehead atoms. The van der Waals surface area contributed by atoms with E-state index in [1.54, 1.807) is 19.9 Å². The molecule has 2 rings (SSSR count). The maximum absolute atomic E-state index is 9.73. The summed E-state index contributed by atoms with van der Waals surface area (Å²) in [4.78, 5) is 0. The lowest BCUT2D eigenvalue weighted by molar-refractivity contribution is 0.326. The third-order valence-corrected chi connectivity index (χ3v) is 2.57. The molecule has 0 aliphatic rings. The number of hydrogen-bond acceptors (Lipinski definition) is 6. The highest BCUT2D eigenvalue weighted by Crippen LogP contribution is 2.52. The van der Waals surface area contributed by atoms with Crippen LogP contribution in [0.5, 0.6) is 28.7 Å². The predicted octanol–water partition coefficient (Wildman–Crippen LogP) is 1.02. The zero-order valence-corrected chi connectivity index (χ0v) is 9.71. The van der Waals surface area contributed by atoms with Crippen LogP contribution in [0.1, 0.15) is 11.4 Å². The van der Waals surface area contributed by atoms with Gasteiger partial charge in [0.05, 0.1) is 5.69 Å². The van der Waals surface area contributed by atoms with Gasteiger partial charge in [-0.3, -0.25) is 0 Å². The maximum Gasteiger partial charge on any atom is 0.208 e. The van der Waals surface area contributed by atoms with E-state index in [9.17, 15) is 25.5 Å². The molecule has 0 unspecified atom stereocenters. The molecule has 0 radical (unpaired) electrons. The van der Waals surface area contributed by atoms with Crippen molar-refractivity contribution in [2.24, 2.45) is 0 Å². The van der Waals surface area contributed by atoms with Crippen LogP contribution in [-0.2, 0) is 0 Å². The molecule has 1 aromatic carbocycles. The summed E-state index contributed by atoms with van der Waals surface area (Å²) < 4.78 is 1.15. The van der Waals surface area contributed by atoms with E-state index in [4.69, 9.17) is 0 Å². The standard InChI is InChI=1S/C11H12N2O5/c1-4-3-5(2)13(12-4)6-7(14)9(16)11(18)10(17)8(6)15/h3,14-18H,1-2H3. The summed E-state index contributed by atoms with van der Waals surface area (Å²) in [7, 11) is 0. The zero-order chi connectivity index (χ0) is 13.6. The Labute approximate surface area is 102 Å². The fourth-order valence-corrected chi connectivity index (χ4v) is 1.73. The van der Waals surface area contributed by atoms with Crippen molar-refractivity contribution in [2.75, 3.05) is 0 Å². The molecule has 1 heterocycles. The van der Waals surface area contributed by atoms with Gasteiger partial charge >= 0.3 is 0 Å². The lowest BCUT2D eigenvalue weighted by Crippen LogP contribution is -2.00. The summed E-state index contributed by atoms with van der Waals surface area (Å²) in [5.74, 6) is -4.38. The average Bonchev–Trinajstić information content (AvgIpc) is 2.64. The number of aryl methyl sites for hydroxylation is 2. The number of hydrogen-bond donors (Lipinski definition) is 5. The number of aromatic hydroxyl groups is 5. The topological polar surface area (TPSA) is 119 Å². The number of rotatable bonds is 1. The van der Waals surface area contributed by atoms with Gasteiger partial charge in [0.1, 0.15) is 0 Å². The second kappa shape index (κ2) is 3.73. The van der Waals surface area contributed by atoms with E-state index in [1.165, 1.54) is 0 Å². The third kappa shape index (κ3) is 1.48. The van der Waals surface area contributed by atoms with Crippen LogP contribution in [-0.4, -0.2) is 35.3 Å². The number of phenolic OH excluding ortho intramolecular Hbond substituents is 5. The Morgan fingerprint density at radius 1 is 0.833 bits per heavy atom. The minimum atomic E-state index is -0.990. The van der Waals surface area contributed by atoms with Gasteiger partial charge in [0, 0.05) is 5.69 Å². The highest BCUT2D eigenvalue weighted by Gasteiger charge is 2.25. The Hall–Kier alpha value is -2.57. The molecule has 0 aliphatic carbocycles. The lowest BCUT2D eigenvalue weighted by atomic mass is 10.2. The molecule has 7 heteroatoms. The molecule has 18 heavy (non-hydrogen) atoms. The Balaban J connectivity index is 2.84. The maximum atomic E-state index is 9.73. The zero-order valence-electron chi connectivity index (χ0n) is 9.71. The largest absolute Gasteiger partial charge is 0.503 e. The van der Waals surface area contributed by atoms with Gasteiger partial charge < -0.3 is 25.5 Å². The van der Waals surface area contributed by atoms with Crippen molar-refractivity contribution in [3.05, 3.63) is 17.5 Å². The van der Waals surface area contributed by atoms with E-state index < -0.39 is 28.7 Å². The van der Waals surface area contributed by atoms with Crippen LogP contribution in [0, 0.1) is 13.8 Å². The summed E-state index contributed by atoms with van der Waals surface area (Å²) in [5, 5.41) is 51.6. The van der Waals surface area contributed by atoms with Gasteiger partial charge in [-0.15, -0.1) is 0 Å². The van der Waals surface area contributed by atoms with Crippen LogP contribution in [0.3, 0.4) is 0 Å². The Morgan fingerprint density at radius 2 is 1.28 bits per heavy atom. The van der Waals surface area contributed by atoms with Crippen molar-refractivity contribution >= 4 is 0 Å². The average molecular weight is 252 g/mol. The van der Waals surface area contributed by atoms with Crippen LogP contribution in [0.4, 0.5) is 0 Å². The Kier molecular flexibility index (Phi) is 2.46. The molecular weight excluding hydrogens is 240 g/mol. The third-order valence-electron chi connectivity index (χ3n) is 2.57. The van der Waals surface area contributed by atoms with E-state index in [1.807, 2.05) is 0 Å². The molecule has 0 spiro atoms. The number of phenols is 5. The summed E-state index contributed by atoms with van der Waals surface area (Å²) in [5.41, 5.74) is 0.898. The van der Waals surface area contributed by atoms with Gasteiger partial charge in [-0.1, -0.05) is 0 Å². The molecule has 1 aromatic heterocycles. The molecule has 0 amide bonds. The first-order valence-electron chi connectivity index (χ1n) is 5.07. The van der Waals surface area contributed by atoms with E-state index >= 15 is 0 Å². The Morgan fingerprint density at radius 3 is 1.67 bits per heavy atom. The smallest absolute Gasteiger partial charge is 0.208 e. The molecule has 96 valence electrons. The van der Waals surface area contributed by atoms with Gasteiger partial charge in [-0.2, -0.15) is 5.10 Å². The van der Waals surface area contributed by atoms with Crippen molar-refractivity contribution in [1.29, 1.82) is 0 Å².